The predicted molar refractivity (Wildman–Crippen MR) is 113 cm³/mol. The molecule has 0 saturated carbocycles. The summed E-state index contributed by atoms with van der Waals surface area (Å²) in [6.45, 7) is 0.489. The highest BCUT2D eigenvalue weighted by atomic mass is 35.5. The first-order chi connectivity index (χ1) is 13.2. The molecule has 0 bridgehead atoms. The van der Waals surface area contributed by atoms with E-state index in [9.17, 15) is 4.79 Å². The minimum Gasteiger partial charge on any atom is -0.285 e. The molecule has 0 aromatic heterocycles. The molecule has 0 atom stereocenters. The second-order valence-corrected chi connectivity index (χ2v) is 7.46. The van der Waals surface area contributed by atoms with E-state index in [-0.39, 0.29) is 5.91 Å². The molecule has 1 saturated heterocycles. The molecule has 1 fully saturated rings. The second-order valence-electron chi connectivity index (χ2n) is 6.09. The third-order valence-electron chi connectivity index (χ3n) is 4.29. The average Bonchev–Trinajstić information content (AvgIpc) is 3.03. The predicted octanol–water partition coefficient (Wildman–Crippen LogP) is 4.96. The number of amides is 1. The molecule has 0 spiro atoms. The summed E-state index contributed by atoms with van der Waals surface area (Å²) < 4.78 is 0. The number of benzene rings is 3. The average molecular weight is 394 g/mol. The molecule has 1 heterocycles. The summed E-state index contributed by atoms with van der Waals surface area (Å²) in [5, 5.41) is 12.0. The first-order valence-corrected chi connectivity index (χ1v) is 9.83. The molecule has 0 aliphatic carbocycles. The largest absolute Gasteiger partial charge is 0.285 e. The molecule has 1 aliphatic rings. The highest BCUT2D eigenvalue weighted by Crippen LogP contribution is 2.25. The molecule has 4 nitrogen and oxygen atoms in total. The Morgan fingerprint density at radius 2 is 1.81 bits per heavy atom. The van der Waals surface area contributed by atoms with Crippen molar-refractivity contribution < 1.29 is 4.79 Å². The molecule has 3 aromatic rings. The van der Waals surface area contributed by atoms with Crippen LogP contribution in [0, 0.1) is 0 Å². The number of rotatable bonds is 4. The number of nitrogens with zero attached hydrogens (tertiary/aromatic N) is 3. The van der Waals surface area contributed by atoms with Gasteiger partial charge in [-0.1, -0.05) is 78.0 Å². The van der Waals surface area contributed by atoms with E-state index in [0.29, 0.717) is 22.5 Å². The summed E-state index contributed by atoms with van der Waals surface area (Å²) in [5.74, 6) is 0.438. The van der Waals surface area contributed by atoms with Gasteiger partial charge >= 0.3 is 0 Å². The van der Waals surface area contributed by atoms with Gasteiger partial charge in [-0.05, 0) is 34.0 Å². The normalized spacial score (nSPS) is 16.1. The quantitative estimate of drug-likeness (QED) is 0.464. The van der Waals surface area contributed by atoms with Gasteiger partial charge in [0.15, 0.2) is 5.17 Å². The van der Waals surface area contributed by atoms with E-state index in [4.69, 9.17) is 11.6 Å². The van der Waals surface area contributed by atoms with Crippen molar-refractivity contribution in [3.05, 3.63) is 82.9 Å². The SMILES string of the molecule is O=C1CS/C(=N\N=C\c2ccc(Cl)cc2)N1Cc1cccc2ccccc12. The molecule has 4 rings (SSSR count). The van der Waals surface area contributed by atoms with Gasteiger partial charge in [0.2, 0.25) is 5.91 Å². The van der Waals surface area contributed by atoms with Crippen molar-refractivity contribution in [3.8, 4) is 0 Å². The number of carbonyl (C=O) groups is 1. The molecule has 0 radical (unpaired) electrons. The van der Waals surface area contributed by atoms with Crippen molar-refractivity contribution in [2.24, 2.45) is 10.2 Å². The number of fused-ring (bicyclic) bond motifs is 1. The molecule has 1 aliphatic heterocycles. The van der Waals surface area contributed by atoms with Gasteiger partial charge < -0.3 is 0 Å². The molecule has 0 N–H and O–H groups in total. The highest BCUT2D eigenvalue weighted by molar-refractivity contribution is 8.15. The van der Waals surface area contributed by atoms with Crippen LogP contribution in [-0.2, 0) is 11.3 Å². The zero-order chi connectivity index (χ0) is 18.6. The van der Waals surface area contributed by atoms with Gasteiger partial charge in [0.05, 0.1) is 18.5 Å². The van der Waals surface area contributed by atoms with Gasteiger partial charge in [-0.2, -0.15) is 5.10 Å². The molecule has 1 amide bonds. The first kappa shape index (κ1) is 17.8. The topological polar surface area (TPSA) is 45.0 Å². The summed E-state index contributed by atoms with van der Waals surface area (Å²) >= 11 is 7.30. The van der Waals surface area contributed by atoms with Crippen LogP contribution in [0.1, 0.15) is 11.1 Å². The van der Waals surface area contributed by atoms with Crippen LogP contribution < -0.4 is 0 Å². The molecular formula is C21H16ClN3OS. The van der Waals surface area contributed by atoms with E-state index in [0.717, 1.165) is 21.9 Å². The molecule has 6 heteroatoms. The van der Waals surface area contributed by atoms with Crippen LogP contribution in [0.15, 0.2) is 76.9 Å². The molecule has 27 heavy (non-hydrogen) atoms. The van der Waals surface area contributed by atoms with Crippen LogP contribution in [0.3, 0.4) is 0 Å². The van der Waals surface area contributed by atoms with Gasteiger partial charge in [0.25, 0.3) is 0 Å². The monoisotopic (exact) mass is 393 g/mol. The van der Waals surface area contributed by atoms with Crippen LogP contribution in [0.25, 0.3) is 10.8 Å². The number of hydrogen-bond acceptors (Lipinski definition) is 4. The Bertz CT molecular complexity index is 1040. The fourth-order valence-corrected chi connectivity index (χ4v) is 3.88. The van der Waals surface area contributed by atoms with Crippen LogP contribution in [0.2, 0.25) is 5.02 Å². The van der Waals surface area contributed by atoms with Gasteiger partial charge in [-0.3, -0.25) is 9.69 Å². The van der Waals surface area contributed by atoms with E-state index in [1.165, 1.54) is 11.8 Å². The van der Waals surface area contributed by atoms with Crippen LogP contribution in [-0.4, -0.2) is 27.9 Å². The highest BCUT2D eigenvalue weighted by Gasteiger charge is 2.28. The first-order valence-electron chi connectivity index (χ1n) is 8.47. The molecule has 3 aromatic carbocycles. The van der Waals surface area contributed by atoms with Crippen molar-refractivity contribution in [2.45, 2.75) is 6.54 Å². The third kappa shape index (κ3) is 4.04. The number of hydrogen-bond donors (Lipinski definition) is 0. The lowest BCUT2D eigenvalue weighted by Crippen LogP contribution is -2.28. The van der Waals surface area contributed by atoms with Gasteiger partial charge in [0, 0.05) is 5.02 Å². The second kappa shape index (κ2) is 7.94. The van der Waals surface area contributed by atoms with Crippen molar-refractivity contribution >= 4 is 51.4 Å². The summed E-state index contributed by atoms with van der Waals surface area (Å²) in [4.78, 5) is 14.1. The number of halogens is 1. The van der Waals surface area contributed by atoms with E-state index < -0.39 is 0 Å². The maximum atomic E-state index is 12.4. The van der Waals surface area contributed by atoms with Crippen molar-refractivity contribution in [3.63, 3.8) is 0 Å². The van der Waals surface area contributed by atoms with E-state index in [2.05, 4.69) is 28.4 Å². The Balaban J connectivity index is 1.57. The minimum absolute atomic E-state index is 0.0494. The van der Waals surface area contributed by atoms with Crippen molar-refractivity contribution in [1.82, 2.24) is 4.90 Å². The van der Waals surface area contributed by atoms with Gasteiger partial charge in [-0.15, -0.1) is 5.10 Å². The maximum Gasteiger partial charge on any atom is 0.239 e. The fraction of sp³-hybridized carbons (Fsp3) is 0.0952. The van der Waals surface area contributed by atoms with Crippen molar-refractivity contribution in [1.29, 1.82) is 0 Å². The lowest BCUT2D eigenvalue weighted by molar-refractivity contribution is -0.124. The van der Waals surface area contributed by atoms with Gasteiger partial charge in [0.1, 0.15) is 0 Å². The Kier molecular flexibility index (Phi) is 5.23. The molecule has 0 unspecified atom stereocenters. The summed E-state index contributed by atoms with van der Waals surface area (Å²) in [5.41, 5.74) is 2.00. The number of amidine groups is 1. The third-order valence-corrected chi connectivity index (χ3v) is 5.49. The Labute approximate surface area is 166 Å². The van der Waals surface area contributed by atoms with Gasteiger partial charge in [-0.25, -0.2) is 0 Å². The zero-order valence-corrected chi connectivity index (χ0v) is 16.0. The lowest BCUT2D eigenvalue weighted by atomic mass is 10.0. The van der Waals surface area contributed by atoms with E-state index in [1.807, 2.05) is 36.4 Å². The summed E-state index contributed by atoms with van der Waals surface area (Å²) in [6.07, 6.45) is 1.66. The van der Waals surface area contributed by atoms with Crippen LogP contribution in [0.5, 0.6) is 0 Å². The Morgan fingerprint density at radius 1 is 1.04 bits per heavy atom. The maximum absolute atomic E-state index is 12.4. The fourth-order valence-electron chi connectivity index (χ4n) is 2.92. The zero-order valence-electron chi connectivity index (χ0n) is 14.4. The minimum atomic E-state index is 0.0494. The van der Waals surface area contributed by atoms with Crippen LogP contribution >= 0.6 is 23.4 Å². The standard InChI is InChI=1S/C21H16ClN3OS/c22-18-10-8-15(9-11-18)12-23-24-21-25(20(26)14-27-21)13-17-6-3-5-16-4-1-2-7-19(16)17/h1-12H,13-14H2/b23-12+,24-21-. The summed E-state index contributed by atoms with van der Waals surface area (Å²) in [6, 6.07) is 21.7. The Morgan fingerprint density at radius 3 is 2.67 bits per heavy atom. The molecule has 134 valence electrons. The van der Waals surface area contributed by atoms with E-state index >= 15 is 0 Å². The molecular weight excluding hydrogens is 378 g/mol. The summed E-state index contributed by atoms with van der Waals surface area (Å²) in [7, 11) is 0. The van der Waals surface area contributed by atoms with Crippen molar-refractivity contribution in [2.75, 3.05) is 5.75 Å². The lowest BCUT2D eigenvalue weighted by Gasteiger charge is -2.16. The van der Waals surface area contributed by atoms with Crippen LogP contribution in [0.4, 0.5) is 0 Å². The van der Waals surface area contributed by atoms with E-state index in [1.54, 1.807) is 23.2 Å². The Hall–Kier alpha value is -2.63. The number of carbonyl (C=O) groups excluding carboxylic acids is 1. The smallest absolute Gasteiger partial charge is 0.239 e. The number of thioether (sulfide) groups is 1.